The molecule has 0 radical (unpaired) electrons. The van der Waals surface area contributed by atoms with Crippen molar-refractivity contribution in [2.75, 3.05) is 52.4 Å². The molecule has 0 aliphatic rings. The molecule has 0 bridgehead atoms. The zero-order chi connectivity index (χ0) is 73.6. The Labute approximate surface area is 562 Å². The summed E-state index contributed by atoms with van der Waals surface area (Å²) in [6, 6.07) is -14.1. The number of nitrogens with one attached hydrogen (secondary N) is 10. The molecular formula is C55H107N29O13. The fourth-order valence-corrected chi connectivity index (χ4v) is 8.81. The van der Waals surface area contributed by atoms with Crippen molar-refractivity contribution in [2.45, 2.75) is 190 Å². The number of primary amides is 1. The molecule has 0 saturated carbocycles. The zero-order valence-corrected chi connectivity index (χ0v) is 55.3. The average molecular weight is 1380 g/mol. The minimum absolute atomic E-state index is 0.00127. The van der Waals surface area contributed by atoms with Gasteiger partial charge in [-0.15, -0.1) is 0 Å². The lowest BCUT2D eigenvalue weighted by Crippen LogP contribution is -2.60. The number of hydrogen-bond acceptors (Lipinski definition) is 20. The van der Waals surface area contributed by atoms with E-state index in [0.717, 1.165) is 0 Å². The fourth-order valence-electron chi connectivity index (χ4n) is 8.81. The van der Waals surface area contributed by atoms with Gasteiger partial charge in [-0.1, -0.05) is 0 Å². The number of guanidine groups is 5. The summed E-state index contributed by atoms with van der Waals surface area (Å²) in [5.74, 6) is -12.6. The maximum absolute atomic E-state index is 14.6. The van der Waals surface area contributed by atoms with Crippen molar-refractivity contribution in [3.8, 4) is 0 Å². The molecule has 0 aromatic heterocycles. The number of carboxylic acids is 1. The van der Waals surface area contributed by atoms with Gasteiger partial charge in [0.2, 0.25) is 65.0 Å². The normalized spacial score (nSPS) is 13.8. The van der Waals surface area contributed by atoms with Crippen molar-refractivity contribution in [3.63, 3.8) is 0 Å². The number of aliphatic carboxylic acids is 1. The summed E-state index contributed by atoms with van der Waals surface area (Å²) in [4.78, 5) is 182. The van der Waals surface area contributed by atoms with Crippen molar-refractivity contribution >= 4 is 101 Å². The van der Waals surface area contributed by atoms with E-state index in [2.05, 4.69) is 78.1 Å². The number of nitrogens with two attached hydrogens (primary N) is 14. The lowest BCUT2D eigenvalue weighted by atomic mass is 10.0. The largest absolute Gasteiger partial charge is 0.480 e. The number of carboxylic acid groups (broad SMARTS) is 1. The van der Waals surface area contributed by atoms with Crippen LogP contribution in [0.25, 0.3) is 0 Å². The van der Waals surface area contributed by atoms with E-state index >= 15 is 0 Å². The van der Waals surface area contributed by atoms with Gasteiger partial charge >= 0.3 is 5.97 Å². The Bertz CT molecular complexity index is 2690. The second-order valence-corrected chi connectivity index (χ2v) is 22.4. The summed E-state index contributed by atoms with van der Waals surface area (Å²) in [6.07, 6.45) is 0.0228. The molecule has 0 aromatic carbocycles. The number of carbonyl (C=O) groups excluding carboxylic acids is 11. The van der Waals surface area contributed by atoms with E-state index in [9.17, 15) is 62.6 Å². The van der Waals surface area contributed by atoms with Crippen molar-refractivity contribution in [1.82, 2.24) is 53.2 Å². The highest BCUT2D eigenvalue weighted by Crippen LogP contribution is 2.12. The predicted octanol–water partition coefficient (Wildman–Crippen LogP) is -11.3. The fraction of sp³-hybridized carbons (Fsp3) is 0.691. The predicted molar refractivity (Wildman–Crippen MR) is 361 cm³/mol. The lowest BCUT2D eigenvalue weighted by Gasteiger charge is -2.28. The van der Waals surface area contributed by atoms with Crippen LogP contribution >= 0.6 is 0 Å². The van der Waals surface area contributed by atoms with E-state index in [0.29, 0.717) is 19.3 Å². The van der Waals surface area contributed by atoms with Crippen molar-refractivity contribution < 1.29 is 62.6 Å². The highest BCUT2D eigenvalue weighted by Gasteiger charge is 2.35. The zero-order valence-electron chi connectivity index (χ0n) is 55.3. The Morgan fingerprint density at radius 3 is 0.866 bits per heavy atom. The van der Waals surface area contributed by atoms with Crippen LogP contribution in [0.4, 0.5) is 0 Å². The van der Waals surface area contributed by atoms with E-state index in [1.54, 1.807) is 0 Å². The second-order valence-electron chi connectivity index (χ2n) is 22.4. The SMILES string of the molecule is C[C@H](N)C(=O)NCC(=O)N[C@@H](CCCN=C(N)N)C(=O)N[C@@H](CCCCN)C(=O)N[C@@H](CCCCN)C(=O)N[C@@H](CCCN=C(N)N)C(=O)N[C@@H](CCCN=C(N)N)C(=O)N[C@@H](CCC(N)=O)C(=O)N[C@@H](C)C(=O)N[C@@H](CCCN=C(N)N)C(=O)N[C@@H](CCCN=C(N)N)C(=O)O. The van der Waals surface area contributed by atoms with E-state index in [1.165, 1.54) is 13.8 Å². The Hall–Kier alpha value is -10.1. The van der Waals surface area contributed by atoms with Crippen LogP contribution in [-0.2, 0) is 57.5 Å². The second kappa shape index (κ2) is 49.4. The Balaban J connectivity index is 7.27. The van der Waals surface area contributed by atoms with Crippen molar-refractivity contribution in [2.24, 2.45) is 105 Å². The summed E-state index contributed by atoms with van der Waals surface area (Å²) in [5.41, 5.74) is 77.4. The standard InChI is InChI=1S/C55H107N29O13/c1-29(58)41(87)75-28-40(86)77-31(14-7-23-70-51(60)61)44(90)79-32(12-3-5-21-56)45(91)80-33(13-4-6-22-57)46(92)81-35(16-9-25-72-53(64)65)47(93)82-36(17-10-26-73-54(66)67)48(94)83-37(19-20-39(59)85)43(89)76-30(2)42(88)78-34(15-8-24-71-52(62)63)49(95)84-38(50(96)97)18-11-27-74-55(68)69/h29-38H,3-28,56-58H2,1-2H3,(H2,59,85)(H,75,87)(H,76,89)(H,77,86)(H,78,88)(H,79,90)(H,80,91)(H,81,92)(H,82,93)(H,83,94)(H,84,95)(H,96,97)(H4,60,61,70)(H4,62,63,71)(H4,64,65,72)(H4,66,67,73)(H4,68,69,74)/t29-,30-,31-,32-,33-,34-,35-,36-,37-,38-/m0/s1. The number of rotatable bonds is 52. The summed E-state index contributed by atoms with van der Waals surface area (Å²) in [7, 11) is 0. The summed E-state index contributed by atoms with van der Waals surface area (Å²) in [5, 5.41) is 35.1. The third-order valence-electron chi connectivity index (χ3n) is 14.0. The van der Waals surface area contributed by atoms with Gasteiger partial charge in [-0.3, -0.25) is 77.7 Å². The van der Waals surface area contributed by atoms with Gasteiger partial charge in [0.25, 0.3) is 0 Å². The first kappa shape index (κ1) is 86.9. The molecule has 0 aromatic rings. The molecule has 0 rings (SSSR count). The van der Waals surface area contributed by atoms with Crippen LogP contribution in [0.1, 0.15) is 129 Å². The monoisotopic (exact) mass is 1380 g/mol. The van der Waals surface area contributed by atoms with Crippen molar-refractivity contribution in [1.29, 1.82) is 0 Å². The van der Waals surface area contributed by atoms with Crippen LogP contribution in [0, 0.1) is 0 Å². The van der Waals surface area contributed by atoms with Crippen LogP contribution in [0.15, 0.2) is 25.0 Å². The number of hydrogen-bond donors (Lipinski definition) is 25. The molecule has 0 unspecified atom stereocenters. The molecule has 11 amide bonds. The van der Waals surface area contributed by atoms with E-state index < -0.39 is 151 Å². The van der Waals surface area contributed by atoms with Gasteiger partial charge in [0, 0.05) is 39.1 Å². The number of amides is 11. The first-order chi connectivity index (χ1) is 45.7. The van der Waals surface area contributed by atoms with Gasteiger partial charge < -0.3 is 139 Å². The van der Waals surface area contributed by atoms with Gasteiger partial charge in [-0.25, -0.2) is 4.79 Å². The quantitative estimate of drug-likeness (QED) is 0.0153. The minimum atomic E-state index is -1.65. The highest BCUT2D eigenvalue weighted by molar-refractivity contribution is 5.99. The molecule has 0 spiro atoms. The van der Waals surface area contributed by atoms with Gasteiger partial charge in [0.15, 0.2) is 29.8 Å². The maximum Gasteiger partial charge on any atom is 0.326 e. The van der Waals surface area contributed by atoms with Crippen LogP contribution in [0.2, 0.25) is 0 Å². The third-order valence-corrected chi connectivity index (χ3v) is 14.0. The van der Waals surface area contributed by atoms with E-state index in [-0.39, 0.29) is 159 Å². The summed E-state index contributed by atoms with van der Waals surface area (Å²) >= 11 is 0. The topological polar surface area (TPSA) is 771 Å². The molecule has 97 heavy (non-hydrogen) atoms. The number of carbonyl (C=O) groups is 12. The van der Waals surface area contributed by atoms with E-state index in [4.69, 9.17) is 80.3 Å². The molecule has 0 aliphatic carbocycles. The van der Waals surface area contributed by atoms with E-state index in [1.807, 2.05) is 0 Å². The molecule has 42 heteroatoms. The molecule has 10 atom stereocenters. The van der Waals surface area contributed by atoms with Crippen molar-refractivity contribution in [3.05, 3.63) is 0 Å². The smallest absolute Gasteiger partial charge is 0.326 e. The summed E-state index contributed by atoms with van der Waals surface area (Å²) in [6.45, 7) is 2.43. The number of unbranched alkanes of at least 4 members (excludes halogenated alkanes) is 2. The van der Waals surface area contributed by atoms with Crippen LogP contribution < -0.4 is 133 Å². The van der Waals surface area contributed by atoms with Gasteiger partial charge in [0.05, 0.1) is 12.6 Å². The maximum atomic E-state index is 14.6. The molecule has 0 aliphatic heterocycles. The number of nitrogens with zero attached hydrogens (tertiary/aromatic N) is 5. The average Bonchev–Trinajstić information content (AvgIpc) is 0.975. The molecular weight excluding hydrogens is 1270 g/mol. The van der Waals surface area contributed by atoms with Gasteiger partial charge in [0.1, 0.15) is 54.4 Å². The Kier molecular flexibility index (Phi) is 44.3. The molecule has 0 heterocycles. The molecule has 0 fully saturated rings. The Morgan fingerprint density at radius 1 is 0.330 bits per heavy atom. The highest BCUT2D eigenvalue weighted by atomic mass is 16.4. The first-order valence-electron chi connectivity index (χ1n) is 31.7. The Morgan fingerprint density at radius 2 is 0.588 bits per heavy atom. The molecule has 39 N–H and O–H groups in total. The lowest BCUT2D eigenvalue weighted by molar-refractivity contribution is -0.142. The molecule has 0 saturated heterocycles. The van der Waals surface area contributed by atoms with Crippen LogP contribution in [-0.4, -0.2) is 219 Å². The van der Waals surface area contributed by atoms with Gasteiger partial charge in [-0.05, 0) is 136 Å². The van der Waals surface area contributed by atoms with Gasteiger partial charge in [-0.2, -0.15) is 0 Å². The third kappa shape index (κ3) is 41.3. The number of aliphatic imine (C=N–C) groups is 5. The first-order valence-corrected chi connectivity index (χ1v) is 31.7. The minimum Gasteiger partial charge on any atom is -0.480 e. The summed E-state index contributed by atoms with van der Waals surface area (Å²) < 4.78 is 0. The molecule has 550 valence electrons. The van der Waals surface area contributed by atoms with Crippen LogP contribution in [0.5, 0.6) is 0 Å². The van der Waals surface area contributed by atoms with Crippen LogP contribution in [0.3, 0.4) is 0 Å². The molecule has 42 nitrogen and oxygen atoms in total.